The lowest BCUT2D eigenvalue weighted by molar-refractivity contribution is -0.122. The Hall–Kier alpha value is -1.51. The van der Waals surface area contributed by atoms with Crippen LogP contribution in [0.5, 0.6) is 0 Å². The van der Waals surface area contributed by atoms with Crippen LogP contribution in [-0.4, -0.2) is 12.5 Å². The lowest BCUT2D eigenvalue weighted by atomic mass is 10.0. The van der Waals surface area contributed by atoms with E-state index in [4.69, 9.17) is 5.73 Å². The maximum absolute atomic E-state index is 12.3. The van der Waals surface area contributed by atoms with E-state index in [2.05, 4.69) is 6.92 Å². The summed E-state index contributed by atoms with van der Waals surface area (Å²) in [5.74, 6) is 0.215. The predicted molar refractivity (Wildman–Crippen MR) is 73.0 cm³/mol. The standard InChI is InChI=1S/C14H22N2O/c1-4-8-11(3)14(17)16(5-2)13-10-7-6-9-12(13)15/h6-7,9-11H,4-5,8,15H2,1-3H3. The number of para-hydroxylation sites is 2. The number of anilines is 2. The molecular formula is C14H22N2O. The number of nitrogens with two attached hydrogens (primary N) is 1. The van der Waals surface area contributed by atoms with Gasteiger partial charge in [-0.25, -0.2) is 0 Å². The Bertz CT molecular complexity index is 376. The van der Waals surface area contributed by atoms with E-state index in [1.54, 1.807) is 4.90 Å². The van der Waals surface area contributed by atoms with Crippen molar-refractivity contribution in [3.05, 3.63) is 24.3 Å². The topological polar surface area (TPSA) is 46.3 Å². The lowest BCUT2D eigenvalue weighted by Gasteiger charge is -2.25. The van der Waals surface area contributed by atoms with Gasteiger partial charge in [0.05, 0.1) is 11.4 Å². The summed E-state index contributed by atoms with van der Waals surface area (Å²) < 4.78 is 0. The first-order valence-electron chi connectivity index (χ1n) is 6.27. The largest absolute Gasteiger partial charge is 0.397 e. The molecule has 1 aromatic rings. The molecule has 0 aliphatic heterocycles. The van der Waals surface area contributed by atoms with Gasteiger partial charge in [-0.2, -0.15) is 0 Å². The number of carbonyl (C=O) groups excluding carboxylic acids is 1. The summed E-state index contributed by atoms with van der Waals surface area (Å²) in [4.78, 5) is 14.1. The van der Waals surface area contributed by atoms with Crippen LogP contribution in [0.4, 0.5) is 11.4 Å². The molecule has 17 heavy (non-hydrogen) atoms. The van der Waals surface area contributed by atoms with E-state index in [0.29, 0.717) is 12.2 Å². The Morgan fingerprint density at radius 2 is 2.00 bits per heavy atom. The molecule has 0 saturated heterocycles. The summed E-state index contributed by atoms with van der Waals surface area (Å²) in [6, 6.07) is 7.52. The molecule has 0 aliphatic rings. The van der Waals surface area contributed by atoms with E-state index in [-0.39, 0.29) is 11.8 Å². The molecule has 94 valence electrons. The van der Waals surface area contributed by atoms with E-state index in [9.17, 15) is 4.79 Å². The molecule has 3 nitrogen and oxygen atoms in total. The van der Waals surface area contributed by atoms with Gasteiger partial charge in [-0.3, -0.25) is 4.79 Å². The van der Waals surface area contributed by atoms with Crippen molar-refractivity contribution in [2.75, 3.05) is 17.2 Å². The van der Waals surface area contributed by atoms with Crippen LogP contribution in [0.25, 0.3) is 0 Å². The summed E-state index contributed by atoms with van der Waals surface area (Å²) in [5, 5.41) is 0. The van der Waals surface area contributed by atoms with Crippen molar-refractivity contribution in [1.82, 2.24) is 0 Å². The van der Waals surface area contributed by atoms with Crippen LogP contribution < -0.4 is 10.6 Å². The quantitative estimate of drug-likeness (QED) is 0.796. The molecule has 1 aromatic carbocycles. The van der Waals surface area contributed by atoms with Crippen LogP contribution in [0.15, 0.2) is 24.3 Å². The summed E-state index contributed by atoms with van der Waals surface area (Å²) in [7, 11) is 0. The highest BCUT2D eigenvalue weighted by molar-refractivity contribution is 5.97. The zero-order chi connectivity index (χ0) is 12.8. The number of amides is 1. The molecule has 3 heteroatoms. The van der Waals surface area contributed by atoms with Crippen molar-refractivity contribution in [3.8, 4) is 0 Å². The van der Waals surface area contributed by atoms with Crippen LogP contribution in [0.2, 0.25) is 0 Å². The number of rotatable bonds is 5. The Morgan fingerprint density at radius 1 is 1.35 bits per heavy atom. The molecule has 0 spiro atoms. The molecule has 0 aliphatic carbocycles. The molecule has 0 radical (unpaired) electrons. The summed E-state index contributed by atoms with van der Waals surface area (Å²) in [5.41, 5.74) is 7.40. The summed E-state index contributed by atoms with van der Waals surface area (Å²) >= 11 is 0. The van der Waals surface area contributed by atoms with Gasteiger partial charge in [0.15, 0.2) is 0 Å². The third-order valence-electron chi connectivity index (χ3n) is 2.95. The Balaban J connectivity index is 2.92. The van der Waals surface area contributed by atoms with Crippen LogP contribution in [0, 0.1) is 5.92 Å². The summed E-state index contributed by atoms with van der Waals surface area (Å²) in [6.07, 6.45) is 1.94. The molecule has 2 N–H and O–H groups in total. The molecule has 1 unspecified atom stereocenters. The maximum Gasteiger partial charge on any atom is 0.229 e. The van der Waals surface area contributed by atoms with Crippen LogP contribution >= 0.6 is 0 Å². The van der Waals surface area contributed by atoms with Gasteiger partial charge in [-0.15, -0.1) is 0 Å². The first-order chi connectivity index (χ1) is 8.11. The molecule has 1 rings (SSSR count). The van der Waals surface area contributed by atoms with E-state index in [0.717, 1.165) is 18.5 Å². The third kappa shape index (κ3) is 3.22. The molecule has 1 atom stereocenters. The number of nitrogen functional groups attached to an aromatic ring is 1. The van der Waals surface area contributed by atoms with Crippen molar-refractivity contribution in [2.45, 2.75) is 33.6 Å². The average molecular weight is 234 g/mol. The highest BCUT2D eigenvalue weighted by Gasteiger charge is 2.21. The van der Waals surface area contributed by atoms with Crippen molar-refractivity contribution in [3.63, 3.8) is 0 Å². The van der Waals surface area contributed by atoms with Crippen LogP contribution in [0.3, 0.4) is 0 Å². The number of carbonyl (C=O) groups is 1. The Labute approximate surface area is 104 Å². The Morgan fingerprint density at radius 3 is 2.53 bits per heavy atom. The summed E-state index contributed by atoms with van der Waals surface area (Å²) in [6.45, 7) is 6.70. The van der Waals surface area contributed by atoms with Gasteiger partial charge in [-0.05, 0) is 25.5 Å². The third-order valence-corrected chi connectivity index (χ3v) is 2.95. The molecule has 0 aromatic heterocycles. The van der Waals surface area contributed by atoms with E-state index in [1.807, 2.05) is 38.1 Å². The molecule has 0 bridgehead atoms. The monoisotopic (exact) mass is 234 g/mol. The fourth-order valence-electron chi connectivity index (χ4n) is 2.00. The van der Waals surface area contributed by atoms with E-state index in [1.165, 1.54) is 0 Å². The average Bonchev–Trinajstić information content (AvgIpc) is 2.32. The van der Waals surface area contributed by atoms with E-state index >= 15 is 0 Å². The fourth-order valence-corrected chi connectivity index (χ4v) is 2.00. The van der Waals surface area contributed by atoms with Gasteiger partial charge in [0.2, 0.25) is 5.91 Å². The van der Waals surface area contributed by atoms with Gasteiger partial charge in [0.1, 0.15) is 0 Å². The molecule has 0 fully saturated rings. The first kappa shape index (κ1) is 13.6. The minimum atomic E-state index is 0.0551. The highest BCUT2D eigenvalue weighted by Crippen LogP contribution is 2.24. The second-order valence-electron chi connectivity index (χ2n) is 4.33. The van der Waals surface area contributed by atoms with Crippen molar-refractivity contribution >= 4 is 17.3 Å². The smallest absolute Gasteiger partial charge is 0.229 e. The number of benzene rings is 1. The lowest BCUT2D eigenvalue weighted by Crippen LogP contribution is -2.35. The van der Waals surface area contributed by atoms with Crippen LogP contribution in [0.1, 0.15) is 33.6 Å². The normalized spacial score (nSPS) is 12.2. The SMILES string of the molecule is CCCC(C)C(=O)N(CC)c1ccccc1N. The highest BCUT2D eigenvalue weighted by atomic mass is 16.2. The predicted octanol–water partition coefficient (Wildman–Crippen LogP) is 3.06. The number of hydrogen-bond donors (Lipinski definition) is 1. The van der Waals surface area contributed by atoms with Gasteiger partial charge < -0.3 is 10.6 Å². The molecular weight excluding hydrogens is 212 g/mol. The van der Waals surface area contributed by atoms with Crippen molar-refractivity contribution in [2.24, 2.45) is 5.92 Å². The maximum atomic E-state index is 12.3. The molecule has 0 saturated carbocycles. The van der Waals surface area contributed by atoms with Crippen molar-refractivity contribution < 1.29 is 4.79 Å². The zero-order valence-electron chi connectivity index (χ0n) is 10.9. The minimum Gasteiger partial charge on any atom is -0.397 e. The molecule has 1 amide bonds. The second-order valence-corrected chi connectivity index (χ2v) is 4.33. The number of hydrogen-bond acceptors (Lipinski definition) is 2. The Kier molecular flexibility index (Phi) is 5.01. The second kappa shape index (κ2) is 6.28. The zero-order valence-corrected chi connectivity index (χ0v) is 10.9. The van der Waals surface area contributed by atoms with E-state index < -0.39 is 0 Å². The number of nitrogens with zero attached hydrogens (tertiary/aromatic N) is 1. The van der Waals surface area contributed by atoms with Crippen molar-refractivity contribution in [1.29, 1.82) is 0 Å². The molecule has 0 heterocycles. The van der Waals surface area contributed by atoms with Crippen LogP contribution in [-0.2, 0) is 4.79 Å². The van der Waals surface area contributed by atoms with Gasteiger partial charge >= 0.3 is 0 Å². The van der Waals surface area contributed by atoms with Gasteiger partial charge in [0, 0.05) is 12.5 Å². The van der Waals surface area contributed by atoms with Gasteiger partial charge in [0.25, 0.3) is 0 Å². The van der Waals surface area contributed by atoms with Gasteiger partial charge in [-0.1, -0.05) is 32.4 Å². The minimum absolute atomic E-state index is 0.0551. The first-order valence-corrected chi connectivity index (χ1v) is 6.27. The fraction of sp³-hybridized carbons (Fsp3) is 0.500.